The maximum Gasteiger partial charge on any atom is 0.349 e. The van der Waals surface area contributed by atoms with Crippen LogP contribution in [0.4, 0.5) is 13.2 Å². The van der Waals surface area contributed by atoms with E-state index in [1.165, 1.54) is 13.8 Å². The maximum absolute atomic E-state index is 13.4. The Bertz CT molecular complexity index is 451. The van der Waals surface area contributed by atoms with Gasteiger partial charge in [-0.05, 0) is 26.0 Å². The van der Waals surface area contributed by atoms with E-state index in [0.29, 0.717) is 18.2 Å². The van der Waals surface area contributed by atoms with Gasteiger partial charge in [0, 0.05) is 11.6 Å². The molecule has 0 aliphatic carbocycles. The van der Waals surface area contributed by atoms with E-state index in [0.717, 1.165) is 0 Å². The normalized spacial score (nSPS) is 12.3. The van der Waals surface area contributed by atoms with E-state index in [9.17, 15) is 22.8 Å². The van der Waals surface area contributed by atoms with Crippen LogP contribution in [0, 0.1) is 11.6 Å². The number of ketones is 1. The molecule has 1 atom stereocenters. The van der Waals surface area contributed by atoms with E-state index in [1.54, 1.807) is 0 Å². The zero-order valence-corrected chi connectivity index (χ0v) is 9.75. The Balaban J connectivity index is 2.89. The number of ether oxygens (including phenoxy) is 1. The minimum atomic E-state index is -2.59. The van der Waals surface area contributed by atoms with Crippen LogP contribution in [0.25, 0.3) is 0 Å². The Morgan fingerprint density at radius 2 is 1.61 bits per heavy atom. The summed E-state index contributed by atoms with van der Waals surface area (Å²) in [7, 11) is 0. The number of hydrogen-bond acceptors (Lipinski definition) is 3. The molecule has 0 amide bonds. The second kappa shape index (κ2) is 5.66. The van der Waals surface area contributed by atoms with E-state index in [4.69, 9.17) is 0 Å². The summed E-state index contributed by atoms with van der Waals surface area (Å²) in [5.74, 6) is -4.76. The number of rotatable bonds is 4. The minimum Gasteiger partial charge on any atom is -0.460 e. The van der Waals surface area contributed by atoms with Crippen molar-refractivity contribution in [3.05, 3.63) is 35.4 Å². The van der Waals surface area contributed by atoms with Gasteiger partial charge in [0.1, 0.15) is 11.6 Å². The Hall–Kier alpha value is -1.85. The summed E-state index contributed by atoms with van der Waals surface area (Å²) in [6.45, 7) is 2.97. The molecule has 0 fully saturated rings. The number of halogens is 3. The highest BCUT2D eigenvalue weighted by Crippen LogP contribution is 2.13. The molecule has 0 bridgehead atoms. The van der Waals surface area contributed by atoms with Crippen LogP contribution >= 0.6 is 0 Å². The summed E-state index contributed by atoms with van der Waals surface area (Å²) < 4.78 is 43.6. The fourth-order valence-electron chi connectivity index (χ4n) is 1.24. The Morgan fingerprint density at radius 1 is 1.11 bits per heavy atom. The van der Waals surface area contributed by atoms with Crippen molar-refractivity contribution in [2.24, 2.45) is 0 Å². The number of carbonyl (C=O) groups excluding carboxylic acids is 2. The lowest BCUT2D eigenvalue weighted by atomic mass is 10.1. The van der Waals surface area contributed by atoms with Gasteiger partial charge in [-0.15, -0.1) is 0 Å². The standard InChI is InChI=1S/C12H11F3O3/c1-6(2)18-12(17)10(15)11(16)7-3-8(13)5-9(14)4-7/h3-6,10H,1-2H3. The smallest absolute Gasteiger partial charge is 0.349 e. The lowest BCUT2D eigenvalue weighted by Crippen LogP contribution is -2.29. The van der Waals surface area contributed by atoms with Gasteiger partial charge < -0.3 is 4.74 Å². The summed E-state index contributed by atoms with van der Waals surface area (Å²) in [5.41, 5.74) is -0.555. The molecule has 0 spiro atoms. The van der Waals surface area contributed by atoms with Gasteiger partial charge in [-0.2, -0.15) is 0 Å². The molecule has 0 saturated carbocycles. The zero-order valence-electron chi connectivity index (χ0n) is 9.75. The molecule has 1 aromatic rings. The van der Waals surface area contributed by atoms with Gasteiger partial charge in [-0.25, -0.2) is 18.0 Å². The third-order valence-corrected chi connectivity index (χ3v) is 1.94. The van der Waals surface area contributed by atoms with Gasteiger partial charge in [0.05, 0.1) is 6.10 Å². The van der Waals surface area contributed by atoms with Crippen molar-refractivity contribution < 1.29 is 27.5 Å². The highest BCUT2D eigenvalue weighted by molar-refractivity contribution is 6.11. The predicted molar refractivity (Wildman–Crippen MR) is 56.8 cm³/mol. The van der Waals surface area contributed by atoms with E-state index >= 15 is 0 Å². The van der Waals surface area contributed by atoms with Crippen LogP contribution in [0.5, 0.6) is 0 Å². The van der Waals surface area contributed by atoms with Crippen LogP contribution in [0.1, 0.15) is 24.2 Å². The van der Waals surface area contributed by atoms with Gasteiger partial charge in [0.2, 0.25) is 5.78 Å². The first-order chi connectivity index (χ1) is 8.31. The van der Waals surface area contributed by atoms with Crippen molar-refractivity contribution in [1.29, 1.82) is 0 Å². The molecule has 0 aliphatic rings. The first kappa shape index (κ1) is 14.2. The van der Waals surface area contributed by atoms with E-state index in [-0.39, 0.29) is 0 Å². The first-order valence-electron chi connectivity index (χ1n) is 5.16. The minimum absolute atomic E-state index is 0.538. The second-order valence-electron chi connectivity index (χ2n) is 3.87. The first-order valence-corrected chi connectivity index (χ1v) is 5.16. The van der Waals surface area contributed by atoms with Crippen LogP contribution in [0.3, 0.4) is 0 Å². The van der Waals surface area contributed by atoms with Crippen molar-refractivity contribution >= 4 is 11.8 Å². The maximum atomic E-state index is 13.4. The molecule has 0 heterocycles. The average molecular weight is 260 g/mol. The Labute approximate surface area is 102 Å². The number of benzene rings is 1. The summed E-state index contributed by atoms with van der Waals surface area (Å²) in [4.78, 5) is 22.6. The topological polar surface area (TPSA) is 43.4 Å². The van der Waals surface area contributed by atoms with E-state index in [1.807, 2.05) is 0 Å². The predicted octanol–water partition coefficient (Wildman–Crippen LogP) is 2.44. The van der Waals surface area contributed by atoms with Crippen molar-refractivity contribution in [3.8, 4) is 0 Å². The number of hydrogen-bond donors (Lipinski definition) is 0. The fraction of sp³-hybridized carbons (Fsp3) is 0.333. The second-order valence-corrected chi connectivity index (χ2v) is 3.87. The van der Waals surface area contributed by atoms with Crippen molar-refractivity contribution in [2.75, 3.05) is 0 Å². The molecule has 0 saturated heterocycles. The summed E-state index contributed by atoms with van der Waals surface area (Å²) in [6, 6.07) is 1.84. The summed E-state index contributed by atoms with van der Waals surface area (Å²) in [6.07, 6.45) is -3.18. The number of carbonyl (C=O) groups is 2. The SMILES string of the molecule is CC(C)OC(=O)C(F)C(=O)c1cc(F)cc(F)c1. The molecule has 1 unspecified atom stereocenters. The Kier molecular flexibility index (Phi) is 4.47. The van der Waals surface area contributed by atoms with Crippen molar-refractivity contribution in [2.45, 2.75) is 26.1 Å². The monoisotopic (exact) mass is 260 g/mol. The lowest BCUT2D eigenvalue weighted by molar-refractivity contribution is -0.151. The molecular formula is C12H11F3O3. The summed E-state index contributed by atoms with van der Waals surface area (Å²) in [5, 5.41) is 0. The fourth-order valence-corrected chi connectivity index (χ4v) is 1.24. The van der Waals surface area contributed by atoms with Crippen LogP contribution in [-0.2, 0) is 9.53 Å². The number of esters is 1. The molecule has 98 valence electrons. The molecule has 3 nitrogen and oxygen atoms in total. The van der Waals surface area contributed by atoms with E-state index in [2.05, 4.69) is 4.74 Å². The molecular weight excluding hydrogens is 249 g/mol. The van der Waals surface area contributed by atoms with E-state index < -0.39 is 41.2 Å². The average Bonchev–Trinajstić information content (AvgIpc) is 2.24. The molecule has 0 aromatic heterocycles. The molecule has 1 aromatic carbocycles. The van der Waals surface area contributed by atoms with Crippen molar-refractivity contribution in [3.63, 3.8) is 0 Å². The molecule has 0 radical (unpaired) electrons. The third kappa shape index (κ3) is 3.58. The van der Waals surface area contributed by atoms with Gasteiger partial charge in [-0.3, -0.25) is 4.79 Å². The van der Waals surface area contributed by atoms with Crippen LogP contribution in [-0.4, -0.2) is 24.0 Å². The highest BCUT2D eigenvalue weighted by atomic mass is 19.1. The molecule has 18 heavy (non-hydrogen) atoms. The largest absolute Gasteiger partial charge is 0.460 e. The van der Waals surface area contributed by atoms with Gasteiger partial charge in [-0.1, -0.05) is 0 Å². The quantitative estimate of drug-likeness (QED) is 0.474. The molecule has 6 heteroatoms. The third-order valence-electron chi connectivity index (χ3n) is 1.94. The molecule has 0 aliphatic heterocycles. The lowest BCUT2D eigenvalue weighted by Gasteiger charge is -2.10. The van der Waals surface area contributed by atoms with Gasteiger partial charge >= 0.3 is 5.97 Å². The molecule has 0 N–H and O–H groups in total. The molecule has 1 rings (SSSR count). The van der Waals surface area contributed by atoms with Crippen LogP contribution in [0.15, 0.2) is 18.2 Å². The summed E-state index contributed by atoms with van der Waals surface area (Å²) >= 11 is 0. The number of alkyl halides is 1. The zero-order chi connectivity index (χ0) is 13.9. The highest BCUT2D eigenvalue weighted by Gasteiger charge is 2.30. The van der Waals surface area contributed by atoms with Gasteiger partial charge in [0.25, 0.3) is 6.17 Å². The van der Waals surface area contributed by atoms with Gasteiger partial charge in [0.15, 0.2) is 0 Å². The van der Waals surface area contributed by atoms with Crippen LogP contribution < -0.4 is 0 Å². The Morgan fingerprint density at radius 3 is 2.06 bits per heavy atom. The van der Waals surface area contributed by atoms with Crippen LogP contribution in [0.2, 0.25) is 0 Å². The van der Waals surface area contributed by atoms with Crippen molar-refractivity contribution in [1.82, 2.24) is 0 Å². The number of Topliss-reactive ketones (excluding diaryl/α,β-unsaturated/α-hetero) is 1.